The Morgan fingerprint density at radius 2 is 1.64 bits per heavy atom. The molecule has 2 aromatic rings. The minimum atomic E-state index is 0.121. The van der Waals surface area contributed by atoms with E-state index in [0.29, 0.717) is 45.9 Å². The highest BCUT2D eigenvalue weighted by molar-refractivity contribution is 5.82. The first-order chi connectivity index (χ1) is 13.7. The van der Waals surface area contributed by atoms with Crippen LogP contribution in [-0.4, -0.2) is 68.4 Å². The summed E-state index contributed by atoms with van der Waals surface area (Å²) in [6.07, 6.45) is 0.327. The molecule has 0 saturated carbocycles. The van der Waals surface area contributed by atoms with Crippen LogP contribution in [0, 0.1) is 6.92 Å². The van der Waals surface area contributed by atoms with Gasteiger partial charge in [-0.3, -0.25) is 4.79 Å². The number of morpholine rings is 2. The third-order valence-electron chi connectivity index (χ3n) is 5.32. The van der Waals surface area contributed by atoms with Gasteiger partial charge in [-0.15, -0.1) is 0 Å². The van der Waals surface area contributed by atoms with Crippen molar-refractivity contribution >= 4 is 11.7 Å². The molecule has 1 amide bonds. The Morgan fingerprint density at radius 3 is 2.32 bits per heavy atom. The Morgan fingerprint density at radius 1 is 1.00 bits per heavy atom. The second-order valence-electron chi connectivity index (χ2n) is 7.26. The summed E-state index contributed by atoms with van der Waals surface area (Å²) in [5.74, 6) is 1.08. The number of hydrogen-bond acceptors (Lipinski definition) is 5. The quantitative estimate of drug-likeness (QED) is 0.813. The number of carbonyl (C=O) groups is 1. The Hall–Kier alpha value is -2.44. The maximum absolute atomic E-state index is 12.7. The number of pyridine rings is 1. The van der Waals surface area contributed by atoms with E-state index in [9.17, 15) is 4.79 Å². The molecule has 2 saturated heterocycles. The van der Waals surface area contributed by atoms with Gasteiger partial charge in [0.25, 0.3) is 0 Å². The molecule has 0 bridgehead atoms. The largest absolute Gasteiger partial charge is 0.378 e. The Labute approximate surface area is 166 Å². The standard InChI is InChI=1S/C22H27N3O3/c1-17-15-19(16-20(26)24-7-11-27-12-8-24)23-22(25-9-13-28-14-10-25)21(17)18-5-3-2-4-6-18/h2-6,15H,7-14,16H2,1H3. The van der Waals surface area contributed by atoms with Gasteiger partial charge < -0.3 is 19.3 Å². The molecule has 0 atom stereocenters. The van der Waals surface area contributed by atoms with Crippen molar-refractivity contribution in [3.63, 3.8) is 0 Å². The lowest BCUT2D eigenvalue weighted by atomic mass is 9.99. The van der Waals surface area contributed by atoms with Crippen molar-refractivity contribution in [3.05, 3.63) is 47.7 Å². The third-order valence-corrected chi connectivity index (χ3v) is 5.32. The van der Waals surface area contributed by atoms with Crippen LogP contribution in [0.3, 0.4) is 0 Å². The average molecular weight is 381 g/mol. The van der Waals surface area contributed by atoms with Crippen molar-refractivity contribution in [1.82, 2.24) is 9.88 Å². The molecule has 4 rings (SSSR count). The fraction of sp³-hybridized carbons (Fsp3) is 0.455. The predicted octanol–water partition coefficient (Wildman–Crippen LogP) is 2.29. The first kappa shape index (κ1) is 18.9. The van der Waals surface area contributed by atoms with E-state index in [-0.39, 0.29) is 5.91 Å². The lowest BCUT2D eigenvalue weighted by Gasteiger charge is -2.31. The second-order valence-corrected chi connectivity index (χ2v) is 7.26. The number of benzene rings is 1. The monoisotopic (exact) mass is 381 g/mol. The average Bonchev–Trinajstić information content (AvgIpc) is 2.75. The number of rotatable bonds is 4. The van der Waals surface area contributed by atoms with E-state index < -0.39 is 0 Å². The molecule has 0 radical (unpaired) electrons. The molecule has 1 aromatic carbocycles. The van der Waals surface area contributed by atoms with Gasteiger partial charge in [0.1, 0.15) is 5.82 Å². The van der Waals surface area contributed by atoms with E-state index in [1.54, 1.807) is 0 Å². The van der Waals surface area contributed by atoms with Crippen LogP contribution in [0.15, 0.2) is 36.4 Å². The molecular formula is C22H27N3O3. The van der Waals surface area contributed by atoms with Gasteiger partial charge in [-0.1, -0.05) is 30.3 Å². The SMILES string of the molecule is Cc1cc(CC(=O)N2CCOCC2)nc(N2CCOCC2)c1-c1ccccc1. The van der Waals surface area contributed by atoms with Crippen molar-refractivity contribution in [2.75, 3.05) is 57.5 Å². The number of carbonyl (C=O) groups excluding carboxylic acids is 1. The molecule has 0 unspecified atom stereocenters. The van der Waals surface area contributed by atoms with Crippen molar-refractivity contribution in [3.8, 4) is 11.1 Å². The summed E-state index contributed by atoms with van der Waals surface area (Å²) in [5, 5.41) is 0. The number of ether oxygens (including phenoxy) is 2. The summed E-state index contributed by atoms with van der Waals surface area (Å²) in [5.41, 5.74) is 4.27. The second kappa shape index (κ2) is 8.71. The molecule has 0 N–H and O–H groups in total. The minimum Gasteiger partial charge on any atom is -0.378 e. The Balaban J connectivity index is 1.67. The van der Waals surface area contributed by atoms with Crippen molar-refractivity contribution in [2.24, 2.45) is 0 Å². The molecule has 6 heteroatoms. The lowest BCUT2D eigenvalue weighted by Crippen LogP contribution is -2.41. The first-order valence-electron chi connectivity index (χ1n) is 9.96. The van der Waals surface area contributed by atoms with E-state index in [1.165, 1.54) is 0 Å². The van der Waals surface area contributed by atoms with Gasteiger partial charge >= 0.3 is 0 Å². The summed E-state index contributed by atoms with van der Waals surface area (Å²) in [4.78, 5) is 21.8. The van der Waals surface area contributed by atoms with Gasteiger partial charge in [-0.25, -0.2) is 4.98 Å². The van der Waals surface area contributed by atoms with Gasteiger partial charge in [0.05, 0.1) is 38.5 Å². The summed E-state index contributed by atoms with van der Waals surface area (Å²) < 4.78 is 10.9. The zero-order valence-electron chi connectivity index (χ0n) is 16.4. The van der Waals surface area contributed by atoms with E-state index in [0.717, 1.165) is 41.3 Å². The molecule has 3 heterocycles. The number of aryl methyl sites for hydroxylation is 1. The van der Waals surface area contributed by atoms with Crippen LogP contribution in [0.4, 0.5) is 5.82 Å². The summed E-state index contributed by atoms with van der Waals surface area (Å²) >= 11 is 0. The summed E-state index contributed by atoms with van der Waals surface area (Å²) in [6, 6.07) is 12.4. The van der Waals surface area contributed by atoms with E-state index in [4.69, 9.17) is 14.5 Å². The smallest absolute Gasteiger partial charge is 0.228 e. The van der Waals surface area contributed by atoms with Crippen molar-refractivity contribution < 1.29 is 14.3 Å². The maximum Gasteiger partial charge on any atom is 0.228 e. The van der Waals surface area contributed by atoms with Crippen LogP contribution in [-0.2, 0) is 20.7 Å². The molecule has 2 aliphatic rings. The zero-order chi connectivity index (χ0) is 19.3. The normalized spacial score (nSPS) is 17.6. The van der Waals surface area contributed by atoms with Crippen molar-refractivity contribution in [1.29, 1.82) is 0 Å². The molecule has 0 aliphatic carbocycles. The Kier molecular flexibility index (Phi) is 5.88. The van der Waals surface area contributed by atoms with E-state index in [1.807, 2.05) is 23.1 Å². The van der Waals surface area contributed by atoms with Crippen LogP contribution in [0.25, 0.3) is 11.1 Å². The van der Waals surface area contributed by atoms with E-state index in [2.05, 4.69) is 30.0 Å². The Bertz CT molecular complexity index is 813. The molecule has 6 nitrogen and oxygen atoms in total. The minimum absolute atomic E-state index is 0.121. The van der Waals surface area contributed by atoms with Crippen LogP contribution < -0.4 is 4.90 Å². The highest BCUT2D eigenvalue weighted by Gasteiger charge is 2.22. The summed E-state index contributed by atoms with van der Waals surface area (Å²) in [6.45, 7) is 7.69. The van der Waals surface area contributed by atoms with Crippen LogP contribution in [0.1, 0.15) is 11.3 Å². The predicted molar refractivity (Wildman–Crippen MR) is 109 cm³/mol. The molecule has 1 aromatic heterocycles. The lowest BCUT2D eigenvalue weighted by molar-refractivity contribution is -0.134. The highest BCUT2D eigenvalue weighted by Crippen LogP contribution is 2.33. The van der Waals surface area contributed by atoms with Gasteiger partial charge in [0.2, 0.25) is 5.91 Å². The molecule has 148 valence electrons. The molecular weight excluding hydrogens is 354 g/mol. The fourth-order valence-corrected chi connectivity index (χ4v) is 3.86. The van der Waals surface area contributed by atoms with Crippen LogP contribution >= 0.6 is 0 Å². The van der Waals surface area contributed by atoms with Crippen molar-refractivity contribution in [2.45, 2.75) is 13.3 Å². The topological polar surface area (TPSA) is 54.9 Å². The fourth-order valence-electron chi connectivity index (χ4n) is 3.86. The zero-order valence-corrected chi connectivity index (χ0v) is 16.4. The van der Waals surface area contributed by atoms with Gasteiger partial charge in [-0.05, 0) is 24.1 Å². The number of aromatic nitrogens is 1. The van der Waals surface area contributed by atoms with Crippen LogP contribution in [0.2, 0.25) is 0 Å². The first-order valence-corrected chi connectivity index (χ1v) is 9.96. The number of nitrogens with zero attached hydrogens (tertiary/aromatic N) is 3. The van der Waals surface area contributed by atoms with Gasteiger partial charge in [0, 0.05) is 31.7 Å². The number of hydrogen-bond donors (Lipinski definition) is 0. The molecule has 0 spiro atoms. The van der Waals surface area contributed by atoms with E-state index >= 15 is 0 Å². The van der Waals surface area contributed by atoms with Gasteiger partial charge in [-0.2, -0.15) is 0 Å². The molecule has 2 aliphatic heterocycles. The number of anilines is 1. The third kappa shape index (κ3) is 4.18. The maximum atomic E-state index is 12.7. The number of amides is 1. The molecule has 2 fully saturated rings. The molecule has 28 heavy (non-hydrogen) atoms. The van der Waals surface area contributed by atoms with Crippen LogP contribution in [0.5, 0.6) is 0 Å². The summed E-state index contributed by atoms with van der Waals surface area (Å²) in [7, 11) is 0. The van der Waals surface area contributed by atoms with Gasteiger partial charge in [0.15, 0.2) is 0 Å². The highest BCUT2D eigenvalue weighted by atomic mass is 16.5.